The molecule has 0 aliphatic carbocycles. The van der Waals surface area contributed by atoms with Crippen LogP contribution >= 0.6 is 28.8 Å². The second-order valence-corrected chi connectivity index (χ2v) is 8.16. The smallest absolute Gasteiger partial charge is 0.445 e. The van der Waals surface area contributed by atoms with E-state index < -0.39 is 18.5 Å². The molecular formula is C6H8Cl2N2O4P+. The average molecular weight is 274 g/mol. The minimum absolute atomic E-state index is 0.239. The molecule has 2 saturated heterocycles. The van der Waals surface area contributed by atoms with Crippen molar-refractivity contribution in [1.29, 1.82) is 0 Å². The van der Waals surface area contributed by atoms with Crippen LogP contribution in [0, 0.1) is 0 Å². The standard InChI is InChI=1S/C6H8Cl2N2O4P/c7-15(8,9-1-3-13-5(9)11)10-2-4-14-6(10)12/h1-4H2/q+1. The van der Waals surface area contributed by atoms with Crippen molar-refractivity contribution in [1.82, 2.24) is 9.34 Å². The Labute approximate surface area is 96.0 Å². The number of carbonyl (C=O) groups excluding carboxylic acids is 2. The maximum atomic E-state index is 11.3. The van der Waals surface area contributed by atoms with E-state index in [0.29, 0.717) is 13.1 Å². The third kappa shape index (κ3) is 1.82. The number of hydrogen-bond donors (Lipinski definition) is 0. The largest absolute Gasteiger partial charge is 0.446 e. The zero-order valence-electron chi connectivity index (χ0n) is 7.56. The Morgan fingerprint density at radius 2 is 1.40 bits per heavy atom. The zero-order valence-corrected chi connectivity index (χ0v) is 9.97. The molecule has 0 unspecified atom stereocenters. The summed E-state index contributed by atoms with van der Waals surface area (Å²) in [5.41, 5.74) is 0. The lowest BCUT2D eigenvalue weighted by molar-refractivity contribution is 0.167. The van der Waals surface area contributed by atoms with E-state index >= 15 is 0 Å². The molecule has 0 saturated carbocycles. The monoisotopic (exact) mass is 273 g/mol. The highest BCUT2D eigenvalue weighted by Crippen LogP contribution is 2.75. The number of amides is 2. The first kappa shape index (κ1) is 11.0. The minimum Gasteiger partial charge on any atom is -0.445 e. The van der Waals surface area contributed by atoms with E-state index in [1.807, 2.05) is 0 Å². The fraction of sp³-hybridized carbons (Fsp3) is 0.667. The van der Waals surface area contributed by atoms with Gasteiger partial charge in [0.05, 0.1) is 0 Å². The molecule has 2 heterocycles. The molecule has 0 aromatic rings. The Bertz CT molecular complexity index is 286. The van der Waals surface area contributed by atoms with E-state index in [1.54, 1.807) is 0 Å². The molecule has 2 amide bonds. The minimum atomic E-state index is -2.99. The van der Waals surface area contributed by atoms with Crippen molar-refractivity contribution in [3.8, 4) is 0 Å². The van der Waals surface area contributed by atoms with E-state index in [2.05, 4.69) is 0 Å². The summed E-state index contributed by atoms with van der Waals surface area (Å²) < 4.78 is 11.8. The topological polar surface area (TPSA) is 59.1 Å². The van der Waals surface area contributed by atoms with E-state index in [9.17, 15) is 9.59 Å². The average Bonchev–Trinajstić information content (AvgIpc) is 2.73. The number of hydrogen-bond acceptors (Lipinski definition) is 4. The normalized spacial score (nSPS) is 22.0. The molecule has 6 nitrogen and oxygen atoms in total. The molecule has 84 valence electrons. The van der Waals surface area contributed by atoms with Crippen LogP contribution < -0.4 is 0 Å². The van der Waals surface area contributed by atoms with E-state index in [1.165, 1.54) is 9.34 Å². The van der Waals surface area contributed by atoms with Gasteiger partial charge in [0, 0.05) is 0 Å². The van der Waals surface area contributed by atoms with Crippen LogP contribution in [0.3, 0.4) is 0 Å². The van der Waals surface area contributed by atoms with E-state index in [4.69, 9.17) is 32.0 Å². The molecule has 0 N–H and O–H groups in total. The molecule has 0 bridgehead atoms. The van der Waals surface area contributed by atoms with Crippen molar-refractivity contribution in [2.24, 2.45) is 0 Å². The van der Waals surface area contributed by atoms with Gasteiger partial charge < -0.3 is 9.47 Å². The third-order valence-corrected chi connectivity index (χ3v) is 6.14. The Hall–Kier alpha value is -0.450. The lowest BCUT2D eigenvalue weighted by atomic mass is 10.7. The van der Waals surface area contributed by atoms with Crippen LogP contribution in [0.5, 0.6) is 0 Å². The summed E-state index contributed by atoms with van der Waals surface area (Å²) in [7, 11) is 0. The molecule has 0 radical (unpaired) electrons. The molecule has 0 spiro atoms. The number of nitrogens with zero attached hydrogens (tertiary/aromatic N) is 2. The van der Waals surface area contributed by atoms with Gasteiger partial charge >= 0.3 is 18.5 Å². The van der Waals surface area contributed by atoms with Crippen molar-refractivity contribution in [2.45, 2.75) is 0 Å². The summed E-state index contributed by atoms with van der Waals surface area (Å²) in [6, 6.07) is 0. The lowest BCUT2D eigenvalue weighted by Gasteiger charge is -2.22. The number of cyclic esters (lactones) is 2. The van der Waals surface area contributed by atoms with Gasteiger partial charge in [-0.3, -0.25) is 0 Å². The van der Waals surface area contributed by atoms with Crippen LogP contribution in [0.25, 0.3) is 0 Å². The molecular weight excluding hydrogens is 266 g/mol. The summed E-state index contributed by atoms with van der Waals surface area (Å²) in [6.45, 7) is 1.07. The fourth-order valence-electron chi connectivity index (χ4n) is 1.34. The Balaban J connectivity index is 2.17. The second kappa shape index (κ2) is 3.85. The van der Waals surface area contributed by atoms with Crippen LogP contribution in [0.2, 0.25) is 0 Å². The SMILES string of the molecule is O=C1OCCN1[P+](Cl)(Cl)N1CCOC1=O. The van der Waals surface area contributed by atoms with E-state index in [0.717, 1.165) is 0 Å². The fourth-order valence-corrected chi connectivity index (χ4v) is 4.40. The number of ether oxygens (including phenoxy) is 2. The third-order valence-electron chi connectivity index (χ3n) is 2.06. The van der Waals surface area contributed by atoms with Crippen LogP contribution in [-0.4, -0.2) is 47.8 Å². The Morgan fingerprint density at radius 3 is 1.67 bits per heavy atom. The highest BCUT2D eigenvalue weighted by molar-refractivity contribution is 8.14. The van der Waals surface area contributed by atoms with Crippen molar-refractivity contribution in [3.63, 3.8) is 0 Å². The molecule has 0 aromatic carbocycles. The van der Waals surface area contributed by atoms with Gasteiger partial charge in [0.1, 0.15) is 26.3 Å². The van der Waals surface area contributed by atoms with Crippen LogP contribution in [-0.2, 0) is 9.47 Å². The van der Waals surface area contributed by atoms with Gasteiger partial charge in [0.15, 0.2) is 22.5 Å². The maximum absolute atomic E-state index is 11.3. The highest BCUT2D eigenvalue weighted by Gasteiger charge is 2.60. The number of halogens is 2. The molecule has 15 heavy (non-hydrogen) atoms. The van der Waals surface area contributed by atoms with Crippen LogP contribution in [0.4, 0.5) is 9.59 Å². The van der Waals surface area contributed by atoms with Gasteiger partial charge in [-0.1, -0.05) is 0 Å². The molecule has 2 aliphatic heterocycles. The predicted octanol–water partition coefficient (Wildman–Crippen LogP) is 2.05. The van der Waals surface area contributed by atoms with Gasteiger partial charge in [-0.2, -0.15) is 0 Å². The van der Waals surface area contributed by atoms with Gasteiger partial charge in [-0.05, 0) is 0 Å². The Morgan fingerprint density at radius 1 is 1.00 bits per heavy atom. The van der Waals surface area contributed by atoms with Crippen molar-refractivity contribution in [2.75, 3.05) is 26.3 Å². The first-order chi connectivity index (χ1) is 7.03. The molecule has 0 aromatic heterocycles. The van der Waals surface area contributed by atoms with Crippen molar-refractivity contribution < 1.29 is 19.1 Å². The summed E-state index contributed by atoms with van der Waals surface area (Å²) in [4.78, 5) is 22.5. The van der Waals surface area contributed by atoms with Crippen LogP contribution in [0.1, 0.15) is 0 Å². The summed E-state index contributed by atoms with van der Waals surface area (Å²) in [5, 5.41) is 0. The quantitative estimate of drug-likeness (QED) is 0.723. The maximum Gasteiger partial charge on any atom is 0.446 e. The molecule has 9 heteroatoms. The zero-order chi connectivity index (χ0) is 11.1. The van der Waals surface area contributed by atoms with Crippen molar-refractivity contribution >= 4 is 40.9 Å². The number of carbonyl (C=O) groups is 2. The lowest BCUT2D eigenvalue weighted by Crippen LogP contribution is -2.32. The van der Waals surface area contributed by atoms with Gasteiger partial charge in [0.2, 0.25) is 0 Å². The first-order valence-corrected chi connectivity index (χ1v) is 7.72. The van der Waals surface area contributed by atoms with Gasteiger partial charge in [-0.15, -0.1) is 9.34 Å². The Kier molecular flexibility index (Phi) is 2.83. The molecule has 2 rings (SSSR count). The summed E-state index contributed by atoms with van der Waals surface area (Å²) in [5.74, 6) is 0. The van der Waals surface area contributed by atoms with Crippen LogP contribution in [0.15, 0.2) is 0 Å². The first-order valence-electron chi connectivity index (χ1n) is 4.21. The summed E-state index contributed by atoms with van der Waals surface area (Å²) in [6.07, 6.45) is -4.17. The number of rotatable bonds is 2. The molecule has 2 fully saturated rings. The van der Waals surface area contributed by atoms with Crippen molar-refractivity contribution in [3.05, 3.63) is 0 Å². The molecule has 0 atom stereocenters. The van der Waals surface area contributed by atoms with Gasteiger partial charge in [0.25, 0.3) is 0 Å². The molecule has 2 aliphatic rings. The second-order valence-electron chi connectivity index (χ2n) is 2.93. The summed E-state index contributed by atoms with van der Waals surface area (Å²) >= 11 is 12.1. The van der Waals surface area contributed by atoms with Gasteiger partial charge in [-0.25, -0.2) is 9.59 Å². The highest BCUT2D eigenvalue weighted by atomic mass is 35.9. The predicted molar refractivity (Wildman–Crippen MR) is 54.7 cm³/mol. The van der Waals surface area contributed by atoms with E-state index in [-0.39, 0.29) is 13.2 Å².